The Kier molecular flexibility index (Phi) is 4.69. The zero-order chi connectivity index (χ0) is 13.8. The number of anilines is 1. The van der Waals surface area contributed by atoms with E-state index in [1.807, 2.05) is 11.8 Å². The highest BCUT2D eigenvalue weighted by Crippen LogP contribution is 2.27. The zero-order valence-corrected chi connectivity index (χ0v) is 11.8. The second-order valence-corrected chi connectivity index (χ2v) is 6.02. The van der Waals surface area contributed by atoms with Crippen LogP contribution in [-0.2, 0) is 0 Å². The average Bonchev–Trinajstić information content (AvgIpc) is 2.42. The number of nitrogens with two attached hydrogens (primary N) is 1. The third kappa shape index (κ3) is 3.41. The van der Waals surface area contributed by atoms with Gasteiger partial charge in [0.1, 0.15) is 5.82 Å². The lowest BCUT2D eigenvalue weighted by Crippen LogP contribution is -2.38. The minimum Gasteiger partial charge on any atom is -0.396 e. The summed E-state index contributed by atoms with van der Waals surface area (Å²) in [5.74, 6) is -0.816. The molecule has 0 heterocycles. The summed E-state index contributed by atoms with van der Waals surface area (Å²) in [5, 5.41) is 3.65. The number of rotatable bonds is 3. The van der Waals surface area contributed by atoms with Gasteiger partial charge in [-0.15, -0.1) is 0 Å². The number of nitrogens with one attached hydrogen (secondary N) is 1. The van der Waals surface area contributed by atoms with E-state index in [9.17, 15) is 9.18 Å². The fourth-order valence-electron chi connectivity index (χ4n) is 2.44. The van der Waals surface area contributed by atoms with Gasteiger partial charge < -0.3 is 11.1 Å². The first-order valence-electron chi connectivity index (χ1n) is 6.49. The molecule has 0 atom stereocenters. The van der Waals surface area contributed by atoms with E-state index in [4.69, 9.17) is 5.73 Å². The molecule has 0 saturated heterocycles. The smallest absolute Gasteiger partial charge is 0.253 e. The molecule has 5 heteroatoms. The molecule has 0 radical (unpaired) electrons. The molecule has 1 aromatic carbocycles. The number of thioether (sulfide) groups is 1. The molecule has 1 aromatic rings. The summed E-state index contributed by atoms with van der Waals surface area (Å²) in [6.45, 7) is 0. The normalized spacial score (nSPS) is 23.1. The molecule has 0 aromatic heterocycles. The Hall–Kier alpha value is -1.23. The van der Waals surface area contributed by atoms with Crippen molar-refractivity contribution >= 4 is 23.4 Å². The van der Waals surface area contributed by atoms with Crippen molar-refractivity contribution in [3.8, 4) is 0 Å². The average molecular weight is 282 g/mol. The SMILES string of the molecule is CSC1CCC(NC(=O)c2cccc(F)c2N)CC1. The first-order chi connectivity index (χ1) is 9.11. The molecule has 1 amide bonds. The predicted molar refractivity (Wildman–Crippen MR) is 77.8 cm³/mol. The molecule has 104 valence electrons. The first-order valence-corrected chi connectivity index (χ1v) is 7.78. The van der Waals surface area contributed by atoms with Crippen LogP contribution in [0, 0.1) is 5.82 Å². The zero-order valence-electron chi connectivity index (χ0n) is 11.0. The minimum atomic E-state index is -0.543. The summed E-state index contributed by atoms with van der Waals surface area (Å²) < 4.78 is 13.3. The molecule has 19 heavy (non-hydrogen) atoms. The minimum absolute atomic E-state index is 0.0715. The molecule has 0 spiro atoms. The van der Waals surface area contributed by atoms with Gasteiger partial charge in [0.15, 0.2) is 0 Å². The van der Waals surface area contributed by atoms with E-state index in [1.165, 1.54) is 12.1 Å². The lowest BCUT2D eigenvalue weighted by atomic mass is 9.94. The van der Waals surface area contributed by atoms with Gasteiger partial charge in [0, 0.05) is 11.3 Å². The van der Waals surface area contributed by atoms with Gasteiger partial charge in [-0.25, -0.2) is 4.39 Å². The molecule has 1 fully saturated rings. The fraction of sp³-hybridized carbons (Fsp3) is 0.500. The molecule has 1 aliphatic carbocycles. The number of hydrogen-bond donors (Lipinski definition) is 2. The van der Waals surface area contributed by atoms with E-state index in [0.29, 0.717) is 5.25 Å². The molecule has 1 aliphatic rings. The van der Waals surface area contributed by atoms with Crippen LogP contribution in [0.15, 0.2) is 18.2 Å². The second kappa shape index (κ2) is 6.28. The van der Waals surface area contributed by atoms with Crippen molar-refractivity contribution in [3.05, 3.63) is 29.6 Å². The number of nitrogen functional groups attached to an aromatic ring is 1. The quantitative estimate of drug-likeness (QED) is 0.838. The maximum Gasteiger partial charge on any atom is 0.253 e. The lowest BCUT2D eigenvalue weighted by molar-refractivity contribution is 0.0928. The van der Waals surface area contributed by atoms with Crippen LogP contribution >= 0.6 is 11.8 Å². The Morgan fingerprint density at radius 1 is 1.37 bits per heavy atom. The van der Waals surface area contributed by atoms with Crippen LogP contribution in [0.1, 0.15) is 36.0 Å². The first kappa shape index (κ1) is 14.2. The Bertz CT molecular complexity index is 459. The highest BCUT2D eigenvalue weighted by molar-refractivity contribution is 7.99. The van der Waals surface area contributed by atoms with Crippen molar-refractivity contribution in [2.75, 3.05) is 12.0 Å². The molecule has 0 aliphatic heterocycles. The monoisotopic (exact) mass is 282 g/mol. The Labute approximate surface area is 117 Å². The van der Waals surface area contributed by atoms with Crippen molar-refractivity contribution in [3.63, 3.8) is 0 Å². The van der Waals surface area contributed by atoms with Gasteiger partial charge in [-0.3, -0.25) is 4.79 Å². The Morgan fingerprint density at radius 3 is 2.68 bits per heavy atom. The largest absolute Gasteiger partial charge is 0.396 e. The summed E-state index contributed by atoms with van der Waals surface area (Å²) in [6, 6.07) is 4.50. The number of benzene rings is 1. The van der Waals surface area contributed by atoms with Gasteiger partial charge in [0.05, 0.1) is 11.3 Å². The third-order valence-corrected chi connectivity index (χ3v) is 4.78. The highest BCUT2D eigenvalue weighted by Gasteiger charge is 2.23. The van der Waals surface area contributed by atoms with E-state index in [2.05, 4.69) is 11.6 Å². The number of hydrogen-bond acceptors (Lipinski definition) is 3. The third-order valence-electron chi connectivity index (χ3n) is 3.64. The van der Waals surface area contributed by atoms with Crippen LogP contribution in [0.3, 0.4) is 0 Å². The van der Waals surface area contributed by atoms with Crippen LogP contribution in [0.2, 0.25) is 0 Å². The molecule has 2 rings (SSSR count). The Balaban J connectivity index is 1.96. The number of carbonyl (C=O) groups excluding carboxylic acids is 1. The number of carbonyl (C=O) groups is 1. The number of amides is 1. The van der Waals surface area contributed by atoms with Crippen LogP contribution in [0.4, 0.5) is 10.1 Å². The number of halogens is 1. The summed E-state index contributed by atoms with van der Waals surface area (Å²) in [4.78, 5) is 12.1. The van der Waals surface area contributed by atoms with Crippen molar-refractivity contribution in [1.29, 1.82) is 0 Å². The van der Waals surface area contributed by atoms with Gasteiger partial charge in [-0.2, -0.15) is 11.8 Å². The maximum absolute atomic E-state index is 13.3. The van der Waals surface area contributed by atoms with E-state index in [0.717, 1.165) is 25.7 Å². The van der Waals surface area contributed by atoms with Crippen molar-refractivity contribution in [1.82, 2.24) is 5.32 Å². The summed E-state index contributed by atoms with van der Waals surface area (Å²) in [6.07, 6.45) is 6.31. The van der Waals surface area contributed by atoms with E-state index in [-0.39, 0.29) is 23.2 Å². The molecule has 3 nitrogen and oxygen atoms in total. The summed E-state index contributed by atoms with van der Waals surface area (Å²) in [5.41, 5.74) is 5.75. The summed E-state index contributed by atoms with van der Waals surface area (Å²) in [7, 11) is 0. The van der Waals surface area contributed by atoms with Gasteiger partial charge in [-0.1, -0.05) is 6.07 Å². The molecule has 1 saturated carbocycles. The van der Waals surface area contributed by atoms with E-state index < -0.39 is 5.82 Å². The standard InChI is InChI=1S/C14H19FN2OS/c1-19-10-7-5-9(6-8-10)17-14(18)11-3-2-4-12(15)13(11)16/h2-4,9-10H,5-8,16H2,1H3,(H,17,18). The van der Waals surface area contributed by atoms with Crippen LogP contribution < -0.4 is 11.1 Å². The molecule has 0 unspecified atom stereocenters. The van der Waals surface area contributed by atoms with Gasteiger partial charge in [0.25, 0.3) is 5.91 Å². The molecular weight excluding hydrogens is 263 g/mol. The second-order valence-electron chi connectivity index (χ2n) is 4.88. The van der Waals surface area contributed by atoms with Crippen LogP contribution in [-0.4, -0.2) is 23.5 Å². The lowest BCUT2D eigenvalue weighted by Gasteiger charge is -2.28. The topological polar surface area (TPSA) is 55.1 Å². The van der Waals surface area contributed by atoms with Crippen LogP contribution in [0.25, 0.3) is 0 Å². The molecule has 0 bridgehead atoms. The van der Waals surface area contributed by atoms with Gasteiger partial charge in [0.2, 0.25) is 0 Å². The van der Waals surface area contributed by atoms with Crippen molar-refractivity contribution in [2.45, 2.75) is 37.0 Å². The fourth-order valence-corrected chi connectivity index (χ4v) is 3.18. The summed E-state index contributed by atoms with van der Waals surface area (Å²) >= 11 is 1.89. The Morgan fingerprint density at radius 2 is 2.05 bits per heavy atom. The predicted octanol–water partition coefficient (Wildman–Crippen LogP) is 2.81. The van der Waals surface area contributed by atoms with Crippen LogP contribution in [0.5, 0.6) is 0 Å². The van der Waals surface area contributed by atoms with Gasteiger partial charge in [-0.05, 0) is 44.1 Å². The number of para-hydroxylation sites is 1. The maximum atomic E-state index is 13.3. The van der Waals surface area contributed by atoms with Gasteiger partial charge >= 0.3 is 0 Å². The molecule has 3 N–H and O–H groups in total. The van der Waals surface area contributed by atoms with E-state index in [1.54, 1.807) is 6.07 Å². The van der Waals surface area contributed by atoms with E-state index >= 15 is 0 Å². The highest BCUT2D eigenvalue weighted by atomic mass is 32.2. The molecular formula is C14H19FN2OS. The van der Waals surface area contributed by atoms with Crippen molar-refractivity contribution < 1.29 is 9.18 Å². The van der Waals surface area contributed by atoms with Crippen molar-refractivity contribution in [2.24, 2.45) is 0 Å².